The van der Waals surface area contributed by atoms with Crippen LogP contribution in [0.2, 0.25) is 0 Å². The number of nitrogens with zero attached hydrogens (tertiary/aromatic N) is 2. The largest absolute Gasteiger partial charge is 0.505 e. The average Bonchev–Trinajstić information content (AvgIpc) is 2.39. The van der Waals surface area contributed by atoms with E-state index in [1.54, 1.807) is 18.2 Å². The quantitative estimate of drug-likeness (QED) is 0.621. The summed E-state index contributed by atoms with van der Waals surface area (Å²) in [6, 6.07) is 6.32. The maximum atomic E-state index is 10.3. The van der Waals surface area contributed by atoms with Gasteiger partial charge in [-0.05, 0) is 23.9 Å². The van der Waals surface area contributed by atoms with Crippen molar-refractivity contribution in [1.29, 1.82) is 0 Å². The first-order chi connectivity index (χ1) is 9.40. The molecule has 7 heteroatoms. The maximum Gasteiger partial charge on any atom is 0.152 e. The van der Waals surface area contributed by atoms with Gasteiger partial charge in [0.1, 0.15) is 16.6 Å². The summed E-state index contributed by atoms with van der Waals surface area (Å²) in [5, 5.41) is 18.3. The van der Waals surface area contributed by atoms with Crippen LogP contribution in [0.5, 0.6) is 5.75 Å². The Morgan fingerprint density at radius 1 is 1.26 bits per heavy atom. The smallest absolute Gasteiger partial charge is 0.152 e. The number of aromatic hydroxyl groups is 1. The molecule has 0 heterocycles. The molecule has 2 rings (SSSR count). The minimum atomic E-state index is -4.05. The first kappa shape index (κ1) is 12.4. The van der Waals surface area contributed by atoms with E-state index < -0.39 is 10.9 Å². The topological polar surface area (TPSA) is 106 Å². The van der Waals surface area contributed by atoms with Crippen molar-refractivity contribution in [1.82, 2.24) is 0 Å². The van der Waals surface area contributed by atoms with Crippen LogP contribution in [-0.4, -0.2) is 25.8 Å². The highest BCUT2D eigenvalue weighted by atomic mass is 32.3. The third-order valence-corrected chi connectivity index (χ3v) is 3.56. The molecule has 6 nitrogen and oxygen atoms in total. The summed E-state index contributed by atoms with van der Waals surface area (Å²) >= 11 is 0. The molecule has 4 N–H and O–H groups in total. The molecule has 102 valence electrons. The fourth-order valence-corrected chi connectivity index (χ4v) is 2.56. The highest BCUT2D eigenvalue weighted by Gasteiger charge is 2.25. The summed E-state index contributed by atoms with van der Waals surface area (Å²) in [6.45, 7) is -0.0532. The third kappa shape index (κ3) is 2.41. The molecule has 0 aliphatic heterocycles. The Labute approximate surface area is 113 Å². The Bertz CT molecular complexity index is 685. The summed E-state index contributed by atoms with van der Waals surface area (Å²) < 4.78 is 35.8. The van der Waals surface area contributed by atoms with E-state index in [-0.39, 0.29) is 23.2 Å². The van der Waals surface area contributed by atoms with Gasteiger partial charge in [0.05, 0.1) is 4.90 Å². The van der Waals surface area contributed by atoms with Crippen molar-refractivity contribution in [3.63, 3.8) is 0 Å². The maximum absolute atomic E-state index is 10.3. The molecule has 0 radical (unpaired) electrons. The molecule has 0 amide bonds. The number of fused-ring (bicyclic) bond motifs is 1. The van der Waals surface area contributed by atoms with Crippen LogP contribution in [0.1, 0.15) is 6.93 Å². The van der Waals surface area contributed by atoms with Gasteiger partial charge in [-0.25, -0.2) is 0 Å². The number of hydrogen-bond acceptors (Lipinski definition) is 6. The Balaban J connectivity index is 2.93. The molecule has 0 unspecified atom stereocenters. The molecule has 0 aromatic heterocycles. The van der Waals surface area contributed by atoms with E-state index in [1.807, 2.05) is 0 Å². The number of aryl methyl sites for hydroxylation is 1. The molecular formula is C12H14N2O4S. The molecule has 2 aromatic carbocycles. The first-order valence-electron chi connectivity index (χ1n) is 5.98. The van der Waals surface area contributed by atoms with Gasteiger partial charge in [0.2, 0.25) is 0 Å². The van der Waals surface area contributed by atoms with Crippen LogP contribution in [0.15, 0.2) is 39.4 Å². The second-order valence-electron chi connectivity index (χ2n) is 3.91. The predicted molar refractivity (Wildman–Crippen MR) is 74.5 cm³/mol. The van der Waals surface area contributed by atoms with E-state index >= 15 is 0 Å². The van der Waals surface area contributed by atoms with Gasteiger partial charge in [-0.1, -0.05) is 18.2 Å². The van der Waals surface area contributed by atoms with Crippen molar-refractivity contribution in [3.05, 3.63) is 29.8 Å². The van der Waals surface area contributed by atoms with Crippen LogP contribution in [-0.2, 0) is 0 Å². The number of phenols is 1. The highest BCUT2D eigenvalue weighted by Crippen LogP contribution is 2.54. The summed E-state index contributed by atoms with van der Waals surface area (Å²) in [4.78, 5) is -0.296. The van der Waals surface area contributed by atoms with Gasteiger partial charge < -0.3 is 18.8 Å². The minimum Gasteiger partial charge on any atom is -0.505 e. The van der Waals surface area contributed by atoms with Crippen molar-refractivity contribution in [2.75, 3.05) is 7.05 Å². The average molecular weight is 283 g/mol. The van der Waals surface area contributed by atoms with Gasteiger partial charge >= 0.3 is 0 Å². The van der Waals surface area contributed by atoms with Gasteiger partial charge in [0, 0.05) is 13.8 Å². The number of phenolic OH excluding ortho intramolecular Hbond substituents is 1. The summed E-state index contributed by atoms with van der Waals surface area (Å²) in [7, 11) is -2.70. The normalized spacial score (nSPS) is 14.0. The van der Waals surface area contributed by atoms with Gasteiger partial charge in [-0.3, -0.25) is 0 Å². The van der Waals surface area contributed by atoms with E-state index in [2.05, 4.69) is 10.2 Å². The SMILES string of the molecule is [2H]Cc1cccc2cc(S(O)(O)O)c(N=NC)c(O)c12. The van der Waals surface area contributed by atoms with Crippen LogP contribution < -0.4 is 0 Å². The summed E-state index contributed by atoms with van der Waals surface area (Å²) in [6.07, 6.45) is 0. The Morgan fingerprint density at radius 3 is 2.58 bits per heavy atom. The highest BCUT2D eigenvalue weighted by molar-refractivity contribution is 8.19. The van der Waals surface area contributed by atoms with Crippen LogP contribution in [0.3, 0.4) is 0 Å². The lowest BCUT2D eigenvalue weighted by Gasteiger charge is -2.22. The van der Waals surface area contributed by atoms with Crippen LogP contribution in [0, 0.1) is 6.90 Å². The fraction of sp³-hybridized carbons (Fsp3) is 0.167. The molecule has 0 aliphatic carbocycles. The lowest BCUT2D eigenvalue weighted by molar-refractivity contribution is 0.375. The first-order valence-corrected chi connectivity index (χ1v) is 6.77. The molecule has 2 aromatic rings. The van der Waals surface area contributed by atoms with E-state index in [4.69, 9.17) is 1.37 Å². The van der Waals surface area contributed by atoms with Crippen molar-refractivity contribution in [2.24, 2.45) is 10.2 Å². The van der Waals surface area contributed by atoms with Gasteiger partial charge in [-0.2, -0.15) is 10.2 Å². The third-order valence-electron chi connectivity index (χ3n) is 2.66. The van der Waals surface area contributed by atoms with E-state index in [0.29, 0.717) is 16.3 Å². The number of hydrogen-bond donors (Lipinski definition) is 4. The van der Waals surface area contributed by atoms with Crippen molar-refractivity contribution in [2.45, 2.75) is 11.8 Å². The zero-order chi connectivity index (χ0) is 14.9. The van der Waals surface area contributed by atoms with Crippen molar-refractivity contribution < 1.29 is 20.1 Å². The van der Waals surface area contributed by atoms with E-state index in [9.17, 15) is 18.8 Å². The van der Waals surface area contributed by atoms with E-state index in [0.717, 1.165) is 0 Å². The Kier molecular flexibility index (Phi) is 3.11. The molecule has 0 fully saturated rings. The monoisotopic (exact) mass is 283 g/mol. The van der Waals surface area contributed by atoms with Crippen LogP contribution in [0.4, 0.5) is 5.69 Å². The van der Waals surface area contributed by atoms with Gasteiger partial charge in [0.15, 0.2) is 5.75 Å². The molecule has 0 atom stereocenters. The van der Waals surface area contributed by atoms with Crippen LogP contribution in [0.25, 0.3) is 10.8 Å². The molecule has 0 spiro atoms. The molecule has 0 aliphatic rings. The van der Waals surface area contributed by atoms with Crippen molar-refractivity contribution >= 4 is 27.3 Å². The number of rotatable bonds is 2. The lowest BCUT2D eigenvalue weighted by Crippen LogP contribution is -1.97. The second-order valence-corrected chi connectivity index (χ2v) is 5.38. The minimum absolute atomic E-state index is 0.0532. The standard InChI is InChI=1S/C12H14N2O4S/c1-7-4-3-5-8-6-9(19(16,17)18)11(14-13-2)12(15)10(7)8/h3-6,15-18H,1-2H3/i1D. The van der Waals surface area contributed by atoms with Gasteiger partial charge in [0.25, 0.3) is 0 Å². The van der Waals surface area contributed by atoms with Gasteiger partial charge in [-0.15, -0.1) is 0 Å². The summed E-state index contributed by atoms with van der Waals surface area (Å²) in [5.74, 6) is -0.333. The van der Waals surface area contributed by atoms with Crippen LogP contribution >= 0.6 is 10.9 Å². The predicted octanol–water partition coefficient (Wildman–Crippen LogP) is 4.15. The molecule has 19 heavy (non-hydrogen) atoms. The second kappa shape index (κ2) is 4.78. The zero-order valence-corrected chi connectivity index (χ0v) is 10.9. The molecule has 0 saturated heterocycles. The fourth-order valence-electron chi connectivity index (χ4n) is 1.88. The van der Waals surface area contributed by atoms with E-state index in [1.165, 1.54) is 13.1 Å². The molecule has 0 saturated carbocycles. The van der Waals surface area contributed by atoms with Crippen molar-refractivity contribution in [3.8, 4) is 5.75 Å². The summed E-state index contributed by atoms with van der Waals surface area (Å²) in [5.41, 5.74) is 0.358. The number of azo groups is 1. The Hall–Kier alpha value is -1.67. The number of benzene rings is 2. The zero-order valence-electron chi connectivity index (χ0n) is 11.1. The lowest BCUT2D eigenvalue weighted by atomic mass is 10.0. The molecule has 0 bridgehead atoms. The Morgan fingerprint density at radius 2 is 2.00 bits per heavy atom. The molecular weight excluding hydrogens is 268 g/mol.